The number of piperazine rings is 1. The third-order valence-corrected chi connectivity index (χ3v) is 8.64. The monoisotopic (exact) mass is 537 g/mol. The van der Waals surface area contributed by atoms with Crippen LogP contribution in [0.1, 0.15) is 36.1 Å². The minimum absolute atomic E-state index is 0.0505. The van der Waals surface area contributed by atoms with Gasteiger partial charge in [-0.05, 0) is 55.8 Å². The van der Waals surface area contributed by atoms with E-state index in [1.54, 1.807) is 6.92 Å². The maximum atomic E-state index is 16.8. The van der Waals surface area contributed by atoms with Crippen LogP contribution in [0.4, 0.5) is 14.6 Å². The van der Waals surface area contributed by atoms with Gasteiger partial charge in [-0.2, -0.15) is 5.26 Å². The van der Waals surface area contributed by atoms with Crippen LogP contribution in [0.2, 0.25) is 0 Å². The summed E-state index contributed by atoms with van der Waals surface area (Å²) in [5.74, 6) is 1.70. The van der Waals surface area contributed by atoms with Gasteiger partial charge in [0.25, 0.3) is 0 Å². The Morgan fingerprint density at radius 2 is 2.00 bits per heavy atom. The second kappa shape index (κ2) is 8.77. The van der Waals surface area contributed by atoms with Gasteiger partial charge in [-0.3, -0.25) is 0 Å². The second-order valence-corrected chi connectivity index (χ2v) is 10.8. The third-order valence-electron chi connectivity index (χ3n) is 8.64. The Kier molecular flexibility index (Phi) is 5.39. The number of fused-ring (bicyclic) bond motifs is 6. The quantitative estimate of drug-likeness (QED) is 0.347. The van der Waals surface area contributed by atoms with E-state index in [2.05, 4.69) is 27.2 Å². The number of rotatable bonds is 2. The molecule has 5 heterocycles. The molecule has 7 nitrogen and oxygen atoms in total. The van der Waals surface area contributed by atoms with Gasteiger partial charge >= 0.3 is 0 Å². The zero-order valence-electron chi connectivity index (χ0n) is 21.9. The zero-order valence-corrected chi connectivity index (χ0v) is 21.9. The van der Waals surface area contributed by atoms with E-state index in [4.69, 9.17) is 16.1 Å². The van der Waals surface area contributed by atoms with Crippen LogP contribution >= 0.6 is 0 Å². The first-order valence-corrected chi connectivity index (χ1v) is 13.3. The van der Waals surface area contributed by atoms with Crippen LogP contribution in [0, 0.1) is 49.2 Å². The van der Waals surface area contributed by atoms with Crippen LogP contribution < -0.4 is 15.0 Å². The molecule has 2 aromatic carbocycles. The molecule has 7 rings (SSSR count). The summed E-state index contributed by atoms with van der Waals surface area (Å²) in [5.41, 5.74) is 1.25. The molecular formula is C31H25F2N5O2. The second-order valence-electron chi connectivity index (χ2n) is 10.8. The molecule has 2 bridgehead atoms. The van der Waals surface area contributed by atoms with Crippen LogP contribution in [0.5, 0.6) is 11.6 Å². The van der Waals surface area contributed by atoms with Crippen molar-refractivity contribution >= 4 is 27.4 Å². The van der Waals surface area contributed by atoms with Crippen molar-refractivity contribution in [3.05, 3.63) is 52.7 Å². The van der Waals surface area contributed by atoms with E-state index in [0.717, 1.165) is 12.8 Å². The molecule has 0 spiro atoms. The summed E-state index contributed by atoms with van der Waals surface area (Å²) in [7, 11) is 0. The number of halogens is 2. The largest absolute Gasteiger partial charge is 0.508 e. The number of anilines is 1. The Balaban J connectivity index is 1.58. The number of ether oxygens (including phenoxy) is 1. The van der Waals surface area contributed by atoms with Crippen LogP contribution in [-0.2, 0) is 0 Å². The fourth-order valence-electron chi connectivity index (χ4n) is 6.80. The molecule has 200 valence electrons. The fourth-order valence-corrected chi connectivity index (χ4v) is 6.80. The molecule has 3 aliphatic rings. The SMILES string of the molecule is C#Cc1c(F)ccc2cc(O)cc(-c3nc4c5c(nc(C)c(C)c5c3F)N3CC5CCC(N5)C3C(CC#N)O4)c12. The average molecular weight is 538 g/mol. The summed E-state index contributed by atoms with van der Waals surface area (Å²) in [6.07, 6.45) is 7.18. The number of nitriles is 1. The van der Waals surface area contributed by atoms with Crippen LogP contribution in [0.15, 0.2) is 24.3 Å². The predicted octanol–water partition coefficient (Wildman–Crippen LogP) is 5.02. The van der Waals surface area contributed by atoms with Crippen molar-refractivity contribution in [1.29, 1.82) is 5.26 Å². The number of aryl methyl sites for hydroxylation is 2. The van der Waals surface area contributed by atoms with E-state index in [9.17, 15) is 14.8 Å². The molecule has 0 saturated carbocycles. The van der Waals surface area contributed by atoms with Crippen molar-refractivity contribution in [2.75, 3.05) is 11.4 Å². The molecule has 9 heteroatoms. The molecular weight excluding hydrogens is 512 g/mol. The summed E-state index contributed by atoms with van der Waals surface area (Å²) in [4.78, 5) is 11.8. The lowest BCUT2D eigenvalue weighted by Gasteiger charge is -2.43. The molecule has 2 N–H and O–H groups in total. The van der Waals surface area contributed by atoms with Crippen LogP contribution in [-0.4, -0.2) is 45.8 Å². The molecule has 2 fully saturated rings. The molecule has 4 unspecified atom stereocenters. The Morgan fingerprint density at radius 3 is 2.77 bits per heavy atom. The summed E-state index contributed by atoms with van der Waals surface area (Å²) >= 11 is 0. The smallest absolute Gasteiger partial charge is 0.226 e. The molecule has 40 heavy (non-hydrogen) atoms. The van der Waals surface area contributed by atoms with Gasteiger partial charge in [0, 0.05) is 40.7 Å². The van der Waals surface area contributed by atoms with E-state index in [0.29, 0.717) is 39.8 Å². The number of terminal acetylenes is 1. The Labute approximate surface area is 229 Å². The summed E-state index contributed by atoms with van der Waals surface area (Å²) in [5, 5.41) is 25.4. The molecule has 4 aromatic rings. The van der Waals surface area contributed by atoms with Gasteiger partial charge < -0.3 is 20.1 Å². The lowest BCUT2D eigenvalue weighted by atomic mass is 9.94. The number of pyridine rings is 2. The highest BCUT2D eigenvalue weighted by molar-refractivity contribution is 6.06. The van der Waals surface area contributed by atoms with Gasteiger partial charge in [-0.25, -0.2) is 18.7 Å². The number of nitrogens with zero attached hydrogens (tertiary/aromatic N) is 4. The molecule has 0 aliphatic carbocycles. The van der Waals surface area contributed by atoms with Gasteiger partial charge in [0.2, 0.25) is 5.88 Å². The van der Waals surface area contributed by atoms with Crippen molar-refractivity contribution in [3.63, 3.8) is 0 Å². The highest BCUT2D eigenvalue weighted by atomic mass is 19.1. The predicted molar refractivity (Wildman–Crippen MR) is 147 cm³/mol. The van der Waals surface area contributed by atoms with E-state index in [1.807, 2.05) is 6.92 Å². The summed E-state index contributed by atoms with van der Waals surface area (Å²) in [6.45, 7) is 4.29. The lowest BCUT2D eigenvalue weighted by molar-refractivity contribution is 0.142. The number of phenolic OH excluding ortho intramolecular Hbond substituents is 1. The van der Waals surface area contributed by atoms with E-state index < -0.39 is 17.7 Å². The molecule has 3 aliphatic heterocycles. The fraction of sp³-hybridized carbons (Fsp3) is 0.323. The molecule has 2 saturated heterocycles. The van der Waals surface area contributed by atoms with Crippen molar-refractivity contribution < 1.29 is 18.6 Å². The number of benzene rings is 2. The van der Waals surface area contributed by atoms with Crippen molar-refractivity contribution in [1.82, 2.24) is 15.3 Å². The molecule has 4 atom stereocenters. The topological polar surface area (TPSA) is 94.3 Å². The number of aromatic hydroxyl groups is 1. The minimum atomic E-state index is -0.640. The van der Waals surface area contributed by atoms with Gasteiger partial charge in [0.1, 0.15) is 29.2 Å². The normalized spacial score (nSPS) is 22.9. The number of phenols is 1. The minimum Gasteiger partial charge on any atom is -0.508 e. The first-order valence-electron chi connectivity index (χ1n) is 13.3. The highest BCUT2D eigenvalue weighted by Crippen LogP contribution is 2.47. The third kappa shape index (κ3) is 3.38. The molecule has 2 aromatic heterocycles. The maximum Gasteiger partial charge on any atom is 0.226 e. The van der Waals surface area contributed by atoms with Crippen LogP contribution in [0.3, 0.4) is 0 Å². The van der Waals surface area contributed by atoms with Crippen molar-refractivity contribution in [3.8, 4) is 41.3 Å². The maximum absolute atomic E-state index is 16.8. The highest BCUT2D eigenvalue weighted by Gasteiger charge is 2.48. The van der Waals surface area contributed by atoms with E-state index in [-0.39, 0.29) is 58.4 Å². The first-order chi connectivity index (χ1) is 19.3. The lowest BCUT2D eigenvalue weighted by Crippen LogP contribution is -2.63. The average Bonchev–Trinajstić information content (AvgIpc) is 3.25. The number of nitrogens with one attached hydrogen (secondary N) is 1. The Morgan fingerprint density at radius 1 is 1.18 bits per heavy atom. The first kappa shape index (κ1) is 24.6. The number of hydrogen-bond acceptors (Lipinski definition) is 7. The van der Waals surface area contributed by atoms with E-state index in [1.165, 1.54) is 24.3 Å². The van der Waals surface area contributed by atoms with Gasteiger partial charge in [-0.15, -0.1) is 6.42 Å². The van der Waals surface area contributed by atoms with Crippen molar-refractivity contribution in [2.45, 2.75) is 57.3 Å². The zero-order chi connectivity index (χ0) is 27.9. The van der Waals surface area contributed by atoms with Crippen LogP contribution in [0.25, 0.3) is 32.8 Å². The molecule has 0 radical (unpaired) electrons. The number of hydrogen-bond donors (Lipinski definition) is 2. The summed E-state index contributed by atoms with van der Waals surface area (Å²) in [6, 6.07) is 7.90. The van der Waals surface area contributed by atoms with Crippen molar-refractivity contribution in [2.24, 2.45) is 0 Å². The Bertz CT molecular complexity index is 1840. The van der Waals surface area contributed by atoms with E-state index >= 15 is 4.39 Å². The molecule has 0 amide bonds. The summed E-state index contributed by atoms with van der Waals surface area (Å²) < 4.78 is 38.2. The number of aromatic nitrogens is 2. The van der Waals surface area contributed by atoms with Gasteiger partial charge in [-0.1, -0.05) is 12.0 Å². The van der Waals surface area contributed by atoms with Gasteiger partial charge in [0.05, 0.1) is 29.5 Å². The standard InChI is InChI=1S/C31H25F2N5O2/c1-4-19-21(32)7-5-16-11-18(39)12-20(25(16)19)28-27(33)24-14(2)15(3)35-30-26(24)31(37-28)40-23(9-10-34)29-22-8-6-17(36-22)13-38(29)30/h1,5,7,11-12,17,22-23,29,36,39H,6,8-9,13H2,2-3H3. The van der Waals surface area contributed by atoms with Gasteiger partial charge in [0.15, 0.2) is 5.82 Å². The Hall–Kier alpha value is -4.47.